The minimum atomic E-state index is 0.0725. The molecule has 3 rings (SSSR count). The van der Waals surface area contributed by atoms with E-state index in [4.69, 9.17) is 0 Å². The standard InChI is InChI=1S/C22H34N4O2/c1-3-9-23-11-15-25(16-12-23)21(27)19-5-7-20(8-6-19)22(28)26-17-13-24(10-4-2)14-18-26/h5-8H,3-4,9-18H2,1-2H3. The summed E-state index contributed by atoms with van der Waals surface area (Å²) >= 11 is 0. The van der Waals surface area contributed by atoms with Gasteiger partial charge < -0.3 is 9.80 Å². The average molecular weight is 387 g/mol. The molecular weight excluding hydrogens is 352 g/mol. The highest BCUT2D eigenvalue weighted by Gasteiger charge is 2.24. The topological polar surface area (TPSA) is 47.1 Å². The second-order valence-corrected chi connectivity index (χ2v) is 7.85. The molecule has 0 atom stereocenters. The summed E-state index contributed by atoms with van der Waals surface area (Å²) in [6.07, 6.45) is 2.30. The van der Waals surface area contributed by atoms with Gasteiger partial charge in [-0.15, -0.1) is 0 Å². The number of hydrogen-bond donors (Lipinski definition) is 0. The van der Waals surface area contributed by atoms with Crippen molar-refractivity contribution in [2.75, 3.05) is 65.4 Å². The van der Waals surface area contributed by atoms with Gasteiger partial charge in [-0.1, -0.05) is 13.8 Å². The van der Waals surface area contributed by atoms with Gasteiger partial charge in [0.2, 0.25) is 0 Å². The van der Waals surface area contributed by atoms with Gasteiger partial charge in [0.05, 0.1) is 0 Å². The van der Waals surface area contributed by atoms with Gasteiger partial charge in [0.25, 0.3) is 11.8 Å². The maximum Gasteiger partial charge on any atom is 0.253 e. The first kappa shape index (κ1) is 20.8. The third-order valence-electron chi connectivity index (χ3n) is 5.78. The Balaban J connectivity index is 1.53. The van der Waals surface area contributed by atoms with E-state index in [1.165, 1.54) is 0 Å². The SMILES string of the molecule is CCCN1CCN(C(=O)c2ccc(C(=O)N3CCN(CCC)CC3)cc2)CC1. The molecule has 1 aromatic rings. The fourth-order valence-electron chi connectivity index (χ4n) is 4.10. The molecule has 2 saturated heterocycles. The van der Waals surface area contributed by atoms with Crippen molar-refractivity contribution in [3.63, 3.8) is 0 Å². The Hall–Kier alpha value is -1.92. The first-order chi connectivity index (χ1) is 13.6. The molecule has 0 N–H and O–H groups in total. The zero-order valence-corrected chi connectivity index (χ0v) is 17.4. The van der Waals surface area contributed by atoms with E-state index in [1.807, 2.05) is 9.80 Å². The van der Waals surface area contributed by atoms with Gasteiger partial charge in [-0.25, -0.2) is 0 Å². The van der Waals surface area contributed by atoms with Crippen LogP contribution in [0.15, 0.2) is 24.3 Å². The molecule has 154 valence electrons. The van der Waals surface area contributed by atoms with Crippen LogP contribution in [0.5, 0.6) is 0 Å². The van der Waals surface area contributed by atoms with Crippen molar-refractivity contribution in [2.45, 2.75) is 26.7 Å². The minimum absolute atomic E-state index is 0.0725. The predicted octanol–water partition coefficient (Wildman–Crippen LogP) is 2.02. The van der Waals surface area contributed by atoms with Crippen LogP contribution in [-0.2, 0) is 0 Å². The van der Waals surface area contributed by atoms with E-state index in [0.717, 1.165) is 78.3 Å². The van der Waals surface area contributed by atoms with Gasteiger partial charge in [-0.3, -0.25) is 19.4 Å². The van der Waals surface area contributed by atoms with Gasteiger partial charge >= 0.3 is 0 Å². The van der Waals surface area contributed by atoms with Crippen molar-refractivity contribution in [3.8, 4) is 0 Å². The number of carbonyl (C=O) groups is 2. The van der Waals surface area contributed by atoms with Crippen molar-refractivity contribution in [1.29, 1.82) is 0 Å². The summed E-state index contributed by atoms with van der Waals surface area (Å²) in [5.41, 5.74) is 1.35. The van der Waals surface area contributed by atoms with Gasteiger partial charge in [-0.05, 0) is 50.2 Å². The number of nitrogens with zero attached hydrogens (tertiary/aromatic N) is 4. The fraction of sp³-hybridized carbons (Fsp3) is 0.636. The first-order valence-corrected chi connectivity index (χ1v) is 10.8. The lowest BCUT2D eigenvalue weighted by molar-refractivity contribution is 0.0626. The molecule has 0 aliphatic carbocycles. The molecule has 2 fully saturated rings. The smallest absolute Gasteiger partial charge is 0.253 e. The van der Waals surface area contributed by atoms with Crippen LogP contribution in [0.3, 0.4) is 0 Å². The molecule has 0 spiro atoms. The van der Waals surface area contributed by atoms with Gasteiger partial charge in [-0.2, -0.15) is 0 Å². The lowest BCUT2D eigenvalue weighted by Crippen LogP contribution is -2.49. The summed E-state index contributed by atoms with van der Waals surface area (Å²) in [5, 5.41) is 0. The third-order valence-corrected chi connectivity index (χ3v) is 5.78. The molecule has 6 nitrogen and oxygen atoms in total. The van der Waals surface area contributed by atoms with E-state index in [0.29, 0.717) is 11.1 Å². The van der Waals surface area contributed by atoms with E-state index in [1.54, 1.807) is 24.3 Å². The molecule has 0 radical (unpaired) electrons. The Morgan fingerprint density at radius 3 is 1.25 bits per heavy atom. The van der Waals surface area contributed by atoms with Crippen LogP contribution in [0.25, 0.3) is 0 Å². The Kier molecular flexibility index (Phi) is 7.45. The number of rotatable bonds is 6. The zero-order chi connectivity index (χ0) is 19.9. The van der Waals surface area contributed by atoms with Crippen molar-refractivity contribution < 1.29 is 9.59 Å². The van der Waals surface area contributed by atoms with E-state index in [9.17, 15) is 9.59 Å². The molecular formula is C22H34N4O2. The summed E-state index contributed by atoms with van der Waals surface area (Å²) in [5.74, 6) is 0.145. The van der Waals surface area contributed by atoms with Crippen LogP contribution in [0.2, 0.25) is 0 Å². The number of hydrogen-bond acceptors (Lipinski definition) is 4. The van der Waals surface area contributed by atoms with Crippen LogP contribution < -0.4 is 0 Å². The largest absolute Gasteiger partial charge is 0.336 e. The highest BCUT2D eigenvalue weighted by molar-refractivity contribution is 5.98. The fourth-order valence-corrected chi connectivity index (χ4v) is 4.10. The summed E-state index contributed by atoms with van der Waals surface area (Å²) in [4.78, 5) is 34.2. The average Bonchev–Trinajstić information content (AvgIpc) is 2.74. The molecule has 6 heteroatoms. The Labute approximate surface area is 169 Å². The van der Waals surface area contributed by atoms with Crippen molar-refractivity contribution in [2.24, 2.45) is 0 Å². The molecule has 0 aromatic heterocycles. The quantitative estimate of drug-likeness (QED) is 0.751. The Bertz CT molecular complexity index is 588. The first-order valence-electron chi connectivity index (χ1n) is 10.8. The van der Waals surface area contributed by atoms with Crippen LogP contribution in [-0.4, -0.2) is 96.9 Å². The van der Waals surface area contributed by atoms with E-state index in [2.05, 4.69) is 23.6 Å². The second-order valence-electron chi connectivity index (χ2n) is 7.85. The summed E-state index contributed by atoms with van der Waals surface area (Å²) < 4.78 is 0. The second kappa shape index (κ2) is 10.0. The Morgan fingerprint density at radius 1 is 0.643 bits per heavy atom. The van der Waals surface area contributed by atoms with Gasteiger partial charge in [0.1, 0.15) is 0 Å². The van der Waals surface area contributed by atoms with E-state index in [-0.39, 0.29) is 11.8 Å². The normalized spacial score (nSPS) is 19.1. The highest BCUT2D eigenvalue weighted by atomic mass is 16.2. The summed E-state index contributed by atoms with van der Waals surface area (Å²) in [6, 6.07) is 7.23. The molecule has 1 aromatic carbocycles. The number of benzene rings is 1. The highest BCUT2D eigenvalue weighted by Crippen LogP contribution is 2.13. The van der Waals surface area contributed by atoms with Crippen LogP contribution in [0.4, 0.5) is 0 Å². The van der Waals surface area contributed by atoms with Crippen molar-refractivity contribution in [1.82, 2.24) is 19.6 Å². The van der Waals surface area contributed by atoms with E-state index < -0.39 is 0 Å². The molecule has 0 saturated carbocycles. The van der Waals surface area contributed by atoms with Crippen molar-refractivity contribution >= 4 is 11.8 Å². The Morgan fingerprint density at radius 2 is 0.964 bits per heavy atom. The zero-order valence-electron chi connectivity index (χ0n) is 17.4. The minimum Gasteiger partial charge on any atom is -0.336 e. The molecule has 2 heterocycles. The van der Waals surface area contributed by atoms with Crippen LogP contribution in [0, 0.1) is 0 Å². The predicted molar refractivity (Wildman–Crippen MR) is 112 cm³/mol. The lowest BCUT2D eigenvalue weighted by Gasteiger charge is -2.35. The third kappa shape index (κ3) is 5.11. The van der Waals surface area contributed by atoms with E-state index >= 15 is 0 Å². The van der Waals surface area contributed by atoms with Crippen LogP contribution >= 0.6 is 0 Å². The maximum atomic E-state index is 12.8. The monoisotopic (exact) mass is 386 g/mol. The lowest BCUT2D eigenvalue weighted by atomic mass is 10.1. The van der Waals surface area contributed by atoms with Gasteiger partial charge in [0.15, 0.2) is 0 Å². The van der Waals surface area contributed by atoms with Crippen LogP contribution in [0.1, 0.15) is 47.4 Å². The van der Waals surface area contributed by atoms with Crippen molar-refractivity contribution in [3.05, 3.63) is 35.4 Å². The molecule has 28 heavy (non-hydrogen) atoms. The summed E-state index contributed by atoms with van der Waals surface area (Å²) in [6.45, 7) is 13.5. The molecule has 0 bridgehead atoms. The number of carbonyl (C=O) groups excluding carboxylic acids is 2. The molecule has 2 aliphatic rings. The number of amides is 2. The molecule has 0 unspecified atom stereocenters. The summed E-state index contributed by atoms with van der Waals surface area (Å²) in [7, 11) is 0. The molecule has 2 aliphatic heterocycles. The number of piperazine rings is 2. The molecule has 2 amide bonds. The maximum absolute atomic E-state index is 12.8. The van der Waals surface area contributed by atoms with Gasteiger partial charge in [0, 0.05) is 63.5 Å².